The largest absolute Gasteiger partial charge is 0.416 e. The average molecular weight is 480 g/mol. The summed E-state index contributed by atoms with van der Waals surface area (Å²) in [5.41, 5.74) is 3.13. The Labute approximate surface area is 198 Å². The van der Waals surface area contributed by atoms with Crippen LogP contribution in [0.25, 0.3) is 0 Å². The maximum Gasteiger partial charge on any atom is 0.276 e. The number of anilines is 2. The maximum absolute atomic E-state index is 12.2. The quantitative estimate of drug-likeness (QED) is 0.332. The van der Waals surface area contributed by atoms with Crippen molar-refractivity contribution < 1.29 is 14.0 Å². The highest BCUT2D eigenvalue weighted by atomic mass is 32.2. The zero-order valence-corrected chi connectivity index (χ0v) is 19.4. The number of rotatable bonds is 9. The summed E-state index contributed by atoms with van der Waals surface area (Å²) in [7, 11) is 0. The summed E-state index contributed by atoms with van der Waals surface area (Å²) >= 11 is 2.66. The van der Waals surface area contributed by atoms with E-state index in [1.807, 2.05) is 54.8 Å². The van der Waals surface area contributed by atoms with E-state index in [1.54, 1.807) is 12.1 Å². The fourth-order valence-electron chi connectivity index (χ4n) is 2.88. The van der Waals surface area contributed by atoms with Crippen LogP contribution in [0.2, 0.25) is 0 Å². The highest BCUT2D eigenvalue weighted by Gasteiger charge is 2.13. The number of nitrogens with one attached hydrogen (secondary N) is 2. The van der Waals surface area contributed by atoms with E-state index in [1.165, 1.54) is 23.1 Å². The van der Waals surface area contributed by atoms with Crippen molar-refractivity contribution in [3.05, 3.63) is 82.7 Å². The third kappa shape index (κ3) is 6.50. The minimum Gasteiger partial charge on any atom is -0.416 e. The normalized spacial score (nSPS) is 10.7. The van der Waals surface area contributed by atoms with E-state index in [4.69, 9.17) is 4.42 Å². The number of para-hydroxylation sites is 1. The lowest BCUT2D eigenvalue weighted by Crippen LogP contribution is -2.12. The molecule has 8 nitrogen and oxygen atoms in total. The van der Waals surface area contributed by atoms with Crippen LogP contribution >= 0.6 is 23.1 Å². The molecule has 168 valence electrons. The third-order valence-corrected chi connectivity index (χ3v) is 6.19. The monoisotopic (exact) mass is 479 g/mol. The second-order valence-electron chi connectivity index (χ2n) is 7.06. The molecule has 0 bridgehead atoms. The Bertz CT molecular complexity index is 1240. The molecular weight excluding hydrogens is 458 g/mol. The fraction of sp³-hybridized carbons (Fsp3) is 0.174. The molecule has 0 radical (unpaired) electrons. The average Bonchev–Trinajstić information content (AvgIpc) is 3.45. The van der Waals surface area contributed by atoms with Gasteiger partial charge in [0.05, 0.1) is 12.1 Å². The topological polar surface area (TPSA) is 110 Å². The highest BCUT2D eigenvalue weighted by molar-refractivity contribution is 7.99. The van der Waals surface area contributed by atoms with E-state index in [0.717, 1.165) is 16.9 Å². The minimum absolute atomic E-state index is 0.0657. The zero-order valence-electron chi connectivity index (χ0n) is 17.8. The van der Waals surface area contributed by atoms with Crippen LogP contribution in [0.3, 0.4) is 0 Å². The summed E-state index contributed by atoms with van der Waals surface area (Å²) < 4.78 is 5.65. The van der Waals surface area contributed by atoms with Gasteiger partial charge >= 0.3 is 0 Å². The van der Waals surface area contributed by atoms with E-state index in [2.05, 4.69) is 25.8 Å². The number of carbonyl (C=O) groups excluding carboxylic acids is 2. The second-order valence-corrected chi connectivity index (χ2v) is 8.97. The third-order valence-electron chi connectivity index (χ3n) is 4.56. The lowest BCUT2D eigenvalue weighted by molar-refractivity contribution is -0.115. The molecule has 0 aliphatic rings. The molecular formula is C23H21N5O3S2. The van der Waals surface area contributed by atoms with Crippen molar-refractivity contribution in [2.24, 2.45) is 0 Å². The Morgan fingerprint density at radius 1 is 1.03 bits per heavy atom. The van der Waals surface area contributed by atoms with Gasteiger partial charge < -0.3 is 9.73 Å². The molecule has 4 rings (SSSR count). The number of benzene rings is 2. The summed E-state index contributed by atoms with van der Waals surface area (Å²) in [6, 6.07) is 16.6. The van der Waals surface area contributed by atoms with Gasteiger partial charge in [0.15, 0.2) is 5.13 Å². The van der Waals surface area contributed by atoms with Gasteiger partial charge in [-0.2, -0.15) is 0 Å². The summed E-state index contributed by atoms with van der Waals surface area (Å²) in [5.74, 6) is 0.669. The Kier molecular flexibility index (Phi) is 7.48. The van der Waals surface area contributed by atoms with Crippen LogP contribution in [-0.2, 0) is 11.2 Å². The Balaban J connectivity index is 1.23. The van der Waals surface area contributed by atoms with Crippen LogP contribution in [0, 0.1) is 6.92 Å². The lowest BCUT2D eigenvalue weighted by atomic mass is 10.2. The Morgan fingerprint density at radius 2 is 1.82 bits per heavy atom. The van der Waals surface area contributed by atoms with Gasteiger partial charge in [-0.25, -0.2) is 4.98 Å². The van der Waals surface area contributed by atoms with Gasteiger partial charge in [0.25, 0.3) is 11.1 Å². The van der Waals surface area contributed by atoms with Crippen LogP contribution < -0.4 is 10.6 Å². The van der Waals surface area contributed by atoms with Gasteiger partial charge in [-0.3, -0.25) is 14.9 Å². The van der Waals surface area contributed by atoms with E-state index < -0.39 is 0 Å². The molecule has 0 aliphatic heterocycles. The molecule has 2 amide bonds. The molecule has 2 N–H and O–H groups in total. The molecule has 4 aromatic rings. The molecule has 33 heavy (non-hydrogen) atoms. The van der Waals surface area contributed by atoms with E-state index in [-0.39, 0.29) is 11.8 Å². The molecule has 2 aromatic heterocycles. The van der Waals surface area contributed by atoms with Crippen LogP contribution in [0.4, 0.5) is 10.8 Å². The maximum atomic E-state index is 12.2. The number of hydrogen-bond donors (Lipinski definition) is 2. The summed E-state index contributed by atoms with van der Waals surface area (Å²) in [6.07, 6.45) is 0.687. The molecule has 0 aliphatic carbocycles. The van der Waals surface area contributed by atoms with Gasteiger partial charge in [0, 0.05) is 28.8 Å². The van der Waals surface area contributed by atoms with Crippen molar-refractivity contribution >= 4 is 45.7 Å². The number of hydrogen-bond acceptors (Lipinski definition) is 8. The molecule has 0 unspecified atom stereocenters. The second kappa shape index (κ2) is 10.9. The van der Waals surface area contributed by atoms with Crippen LogP contribution in [-0.4, -0.2) is 32.7 Å². The Hall–Kier alpha value is -3.50. The minimum atomic E-state index is -0.209. The number of aryl methyl sites for hydroxylation is 1. The predicted molar refractivity (Wildman–Crippen MR) is 129 cm³/mol. The van der Waals surface area contributed by atoms with Crippen LogP contribution in [0.5, 0.6) is 0 Å². The Morgan fingerprint density at radius 3 is 2.64 bits per heavy atom. The first-order chi connectivity index (χ1) is 16.1. The van der Waals surface area contributed by atoms with E-state index >= 15 is 0 Å². The van der Waals surface area contributed by atoms with Gasteiger partial charge in [0.1, 0.15) is 0 Å². The summed E-state index contributed by atoms with van der Waals surface area (Å²) in [6.45, 7) is 1.95. The van der Waals surface area contributed by atoms with Gasteiger partial charge in [-0.1, -0.05) is 48.2 Å². The first kappa shape index (κ1) is 22.7. The molecule has 10 heteroatoms. The van der Waals surface area contributed by atoms with Crippen molar-refractivity contribution in [3.63, 3.8) is 0 Å². The van der Waals surface area contributed by atoms with Gasteiger partial charge in [-0.15, -0.1) is 21.5 Å². The molecule has 2 aromatic carbocycles. The zero-order chi connectivity index (χ0) is 23.0. The smallest absolute Gasteiger partial charge is 0.276 e. The molecule has 0 fully saturated rings. The molecule has 0 spiro atoms. The van der Waals surface area contributed by atoms with Crippen molar-refractivity contribution in [1.29, 1.82) is 0 Å². The number of carbonyl (C=O) groups is 2. The standard InChI is InChI=1S/C23H21N5O3S2/c1-15-7-5-6-10-18(15)25-19(29)11-12-32-23-28-27-20(31-23)13-17-14-33-22(24-17)26-21(30)16-8-3-2-4-9-16/h2-10,14H,11-13H2,1H3,(H,25,29)(H,24,26,30). The van der Waals surface area contributed by atoms with Gasteiger partial charge in [-0.05, 0) is 30.7 Å². The predicted octanol–water partition coefficient (Wildman–Crippen LogP) is 4.80. The van der Waals surface area contributed by atoms with Crippen molar-refractivity contribution in [2.75, 3.05) is 16.4 Å². The number of thioether (sulfide) groups is 1. The number of nitrogens with zero attached hydrogens (tertiary/aromatic N) is 3. The van der Waals surface area contributed by atoms with Crippen molar-refractivity contribution in [1.82, 2.24) is 15.2 Å². The molecule has 0 saturated carbocycles. The fourth-order valence-corrected chi connectivity index (χ4v) is 4.31. The van der Waals surface area contributed by atoms with E-state index in [9.17, 15) is 9.59 Å². The number of thiazole rings is 1. The first-order valence-electron chi connectivity index (χ1n) is 10.2. The van der Waals surface area contributed by atoms with Crippen LogP contribution in [0.1, 0.15) is 33.9 Å². The van der Waals surface area contributed by atoms with Gasteiger partial charge in [0.2, 0.25) is 11.8 Å². The number of amides is 2. The SMILES string of the molecule is Cc1ccccc1NC(=O)CCSc1nnc(Cc2csc(NC(=O)c3ccccc3)n2)o1. The first-order valence-corrected chi connectivity index (χ1v) is 12.0. The van der Waals surface area contributed by atoms with Crippen LogP contribution in [0.15, 0.2) is 69.6 Å². The molecule has 2 heterocycles. The van der Waals surface area contributed by atoms with Crippen molar-refractivity contribution in [3.8, 4) is 0 Å². The summed E-state index contributed by atoms with van der Waals surface area (Å²) in [4.78, 5) is 28.8. The van der Waals surface area contributed by atoms with E-state index in [0.29, 0.717) is 40.4 Å². The highest BCUT2D eigenvalue weighted by Crippen LogP contribution is 2.22. The molecule has 0 atom stereocenters. The molecule has 0 saturated heterocycles. The number of aromatic nitrogens is 3. The lowest BCUT2D eigenvalue weighted by Gasteiger charge is -2.07. The summed E-state index contributed by atoms with van der Waals surface area (Å²) in [5, 5.41) is 16.5. The van der Waals surface area contributed by atoms with Crippen molar-refractivity contribution in [2.45, 2.75) is 25.0 Å².